The van der Waals surface area contributed by atoms with E-state index < -0.39 is 0 Å². The van der Waals surface area contributed by atoms with Crippen LogP contribution in [0, 0.1) is 6.92 Å². The molecule has 0 spiro atoms. The van der Waals surface area contributed by atoms with Crippen molar-refractivity contribution >= 4 is 29.0 Å². The van der Waals surface area contributed by atoms with Crippen LogP contribution in [-0.4, -0.2) is 5.91 Å². The first kappa shape index (κ1) is 14.0. The second kappa shape index (κ2) is 5.82. The molecule has 0 aliphatic carbocycles. The quantitative estimate of drug-likeness (QED) is 0.670. The van der Waals surface area contributed by atoms with E-state index in [1.54, 1.807) is 11.8 Å². The molecule has 1 aliphatic rings. The summed E-state index contributed by atoms with van der Waals surface area (Å²) in [6, 6.07) is 12.5. The fourth-order valence-electron chi connectivity index (χ4n) is 2.52. The Morgan fingerprint density at radius 1 is 1.24 bits per heavy atom. The van der Waals surface area contributed by atoms with Crippen LogP contribution in [0.1, 0.15) is 23.1 Å². The number of fused-ring (bicyclic) bond motifs is 1. The number of anilines is 2. The molecule has 0 unspecified atom stereocenters. The minimum Gasteiger partial charge on any atom is -0.398 e. The molecule has 0 saturated heterocycles. The molecule has 21 heavy (non-hydrogen) atoms. The summed E-state index contributed by atoms with van der Waals surface area (Å²) in [6.07, 6.45) is 1.32. The third kappa shape index (κ3) is 3.22. The summed E-state index contributed by atoms with van der Waals surface area (Å²) in [5, 5.41) is 2.93. The van der Waals surface area contributed by atoms with E-state index in [0.29, 0.717) is 6.42 Å². The van der Waals surface area contributed by atoms with E-state index in [4.69, 9.17) is 5.73 Å². The van der Waals surface area contributed by atoms with E-state index in [9.17, 15) is 4.79 Å². The van der Waals surface area contributed by atoms with Gasteiger partial charge >= 0.3 is 0 Å². The Bertz CT molecular complexity index is 697. The zero-order chi connectivity index (χ0) is 14.8. The average Bonchev–Trinajstić information content (AvgIpc) is 2.45. The fraction of sp³-hybridized carbons (Fsp3) is 0.235. The Kier molecular flexibility index (Phi) is 3.88. The van der Waals surface area contributed by atoms with Gasteiger partial charge in [-0.15, -0.1) is 11.8 Å². The van der Waals surface area contributed by atoms with Crippen LogP contribution >= 0.6 is 11.8 Å². The number of hydrogen-bond donors (Lipinski definition) is 2. The van der Waals surface area contributed by atoms with Crippen molar-refractivity contribution in [2.75, 3.05) is 11.1 Å². The van der Waals surface area contributed by atoms with E-state index in [1.165, 1.54) is 11.1 Å². The van der Waals surface area contributed by atoms with Crippen molar-refractivity contribution in [1.29, 1.82) is 0 Å². The predicted molar refractivity (Wildman–Crippen MR) is 88.5 cm³/mol. The minimum atomic E-state index is 0.0851. The van der Waals surface area contributed by atoms with Crippen LogP contribution in [-0.2, 0) is 17.0 Å². The van der Waals surface area contributed by atoms with Gasteiger partial charge in [0.25, 0.3) is 0 Å². The summed E-state index contributed by atoms with van der Waals surface area (Å²) < 4.78 is 0. The van der Waals surface area contributed by atoms with E-state index in [-0.39, 0.29) is 5.91 Å². The fourth-order valence-corrected chi connectivity index (χ4v) is 3.44. The Labute approximate surface area is 128 Å². The minimum absolute atomic E-state index is 0.0851. The third-order valence-corrected chi connectivity index (χ3v) is 4.75. The van der Waals surface area contributed by atoms with Gasteiger partial charge in [-0.2, -0.15) is 0 Å². The van der Waals surface area contributed by atoms with Gasteiger partial charge < -0.3 is 11.1 Å². The van der Waals surface area contributed by atoms with Crippen LogP contribution in [0.15, 0.2) is 41.3 Å². The first-order valence-electron chi connectivity index (χ1n) is 7.02. The number of rotatable bonds is 3. The van der Waals surface area contributed by atoms with Crippen LogP contribution in [0.25, 0.3) is 0 Å². The lowest BCUT2D eigenvalue weighted by Crippen LogP contribution is -2.19. The summed E-state index contributed by atoms with van der Waals surface area (Å²) in [5.41, 5.74) is 11.5. The Morgan fingerprint density at radius 3 is 2.90 bits per heavy atom. The zero-order valence-electron chi connectivity index (χ0n) is 12.0. The van der Waals surface area contributed by atoms with Crippen LogP contribution in [0.2, 0.25) is 0 Å². The van der Waals surface area contributed by atoms with E-state index >= 15 is 0 Å². The highest BCUT2D eigenvalue weighted by Gasteiger charge is 2.16. The maximum Gasteiger partial charge on any atom is 0.224 e. The summed E-state index contributed by atoms with van der Waals surface area (Å²) in [7, 11) is 0. The first-order chi connectivity index (χ1) is 10.1. The van der Waals surface area contributed by atoms with Gasteiger partial charge in [0, 0.05) is 28.4 Å². The molecule has 1 amide bonds. The summed E-state index contributed by atoms with van der Waals surface area (Å²) in [6.45, 7) is 2.09. The van der Waals surface area contributed by atoms with E-state index in [0.717, 1.165) is 34.0 Å². The number of aryl methyl sites for hydroxylation is 2. The van der Waals surface area contributed by atoms with Crippen molar-refractivity contribution in [3.63, 3.8) is 0 Å². The Hall–Kier alpha value is -1.94. The number of nitrogen functional groups attached to an aromatic ring is 1. The molecule has 3 nitrogen and oxygen atoms in total. The average molecular weight is 298 g/mol. The maximum absolute atomic E-state index is 11.5. The van der Waals surface area contributed by atoms with Crippen molar-refractivity contribution in [1.82, 2.24) is 0 Å². The Morgan fingerprint density at radius 2 is 2.10 bits per heavy atom. The molecule has 0 bridgehead atoms. The number of carbonyl (C=O) groups is 1. The van der Waals surface area contributed by atoms with Crippen LogP contribution in [0.5, 0.6) is 0 Å². The van der Waals surface area contributed by atoms with Crippen LogP contribution in [0.3, 0.4) is 0 Å². The lowest BCUT2D eigenvalue weighted by Gasteiger charge is -2.19. The first-order valence-corrected chi connectivity index (χ1v) is 8.01. The maximum atomic E-state index is 11.5. The van der Waals surface area contributed by atoms with Gasteiger partial charge in [0.1, 0.15) is 0 Å². The van der Waals surface area contributed by atoms with Crippen molar-refractivity contribution in [2.24, 2.45) is 0 Å². The highest BCUT2D eigenvalue weighted by atomic mass is 32.2. The van der Waals surface area contributed by atoms with Crippen LogP contribution < -0.4 is 11.1 Å². The summed E-state index contributed by atoms with van der Waals surface area (Å²) in [4.78, 5) is 12.5. The molecule has 1 aliphatic heterocycles. The number of benzene rings is 2. The lowest BCUT2D eigenvalue weighted by molar-refractivity contribution is -0.116. The molecule has 2 aromatic carbocycles. The number of thioether (sulfide) groups is 1. The van der Waals surface area contributed by atoms with Gasteiger partial charge in [0.2, 0.25) is 5.91 Å². The van der Waals surface area contributed by atoms with Crippen molar-refractivity contribution < 1.29 is 4.79 Å². The zero-order valence-corrected chi connectivity index (χ0v) is 12.8. The van der Waals surface area contributed by atoms with Gasteiger partial charge in [-0.1, -0.05) is 29.8 Å². The summed E-state index contributed by atoms with van der Waals surface area (Å²) >= 11 is 1.71. The van der Waals surface area contributed by atoms with E-state index in [2.05, 4.69) is 36.5 Å². The highest BCUT2D eigenvalue weighted by molar-refractivity contribution is 7.98. The largest absolute Gasteiger partial charge is 0.398 e. The monoisotopic (exact) mass is 298 g/mol. The van der Waals surface area contributed by atoms with Crippen LogP contribution in [0.4, 0.5) is 11.4 Å². The van der Waals surface area contributed by atoms with Gasteiger partial charge in [0.15, 0.2) is 0 Å². The summed E-state index contributed by atoms with van der Waals surface area (Å²) in [5.74, 6) is 0.959. The standard InChI is InChI=1S/C17H18N2OS/c1-11-3-2-4-12(7-11)10-21-16-9-15-13(8-14(16)18)5-6-17(20)19-15/h2-4,7-9H,5-6,10,18H2,1H3,(H,19,20). The second-order valence-electron chi connectivity index (χ2n) is 5.37. The normalized spacial score (nSPS) is 13.7. The van der Waals surface area contributed by atoms with Crippen molar-refractivity contribution in [3.05, 3.63) is 53.1 Å². The molecular weight excluding hydrogens is 280 g/mol. The molecule has 0 radical (unpaired) electrons. The molecule has 0 aromatic heterocycles. The SMILES string of the molecule is Cc1cccc(CSc2cc3c(cc2N)CCC(=O)N3)c1. The van der Waals surface area contributed by atoms with Crippen molar-refractivity contribution in [2.45, 2.75) is 30.4 Å². The topological polar surface area (TPSA) is 55.1 Å². The van der Waals surface area contributed by atoms with E-state index in [1.807, 2.05) is 12.1 Å². The number of nitrogens with two attached hydrogens (primary N) is 1. The molecule has 0 saturated carbocycles. The molecule has 3 rings (SSSR count). The molecule has 4 heteroatoms. The predicted octanol–water partition coefficient (Wildman–Crippen LogP) is 3.75. The van der Waals surface area contributed by atoms with Gasteiger partial charge in [-0.3, -0.25) is 4.79 Å². The molecule has 0 atom stereocenters. The Balaban J connectivity index is 1.79. The number of amides is 1. The molecule has 108 valence electrons. The smallest absolute Gasteiger partial charge is 0.224 e. The molecule has 3 N–H and O–H groups in total. The van der Waals surface area contributed by atoms with Crippen molar-refractivity contribution in [3.8, 4) is 0 Å². The molecule has 0 fully saturated rings. The lowest BCUT2D eigenvalue weighted by atomic mass is 10.0. The molecule has 2 aromatic rings. The highest BCUT2D eigenvalue weighted by Crippen LogP contribution is 2.35. The van der Waals surface area contributed by atoms with Gasteiger partial charge in [0.05, 0.1) is 0 Å². The van der Waals surface area contributed by atoms with Gasteiger partial charge in [-0.25, -0.2) is 0 Å². The third-order valence-electron chi connectivity index (χ3n) is 3.61. The molecular formula is C17H18N2OS. The number of nitrogens with one attached hydrogen (secondary N) is 1. The van der Waals surface area contributed by atoms with Gasteiger partial charge in [-0.05, 0) is 36.6 Å². The molecule has 1 heterocycles. The number of carbonyl (C=O) groups excluding carboxylic acids is 1. The number of hydrogen-bond acceptors (Lipinski definition) is 3. The second-order valence-corrected chi connectivity index (χ2v) is 6.39.